The lowest BCUT2D eigenvalue weighted by Gasteiger charge is -2.38. The lowest BCUT2D eigenvalue weighted by molar-refractivity contribution is 0.120. The monoisotopic (exact) mass is 360 g/mol. The normalized spacial score (nSPS) is 21.7. The van der Waals surface area contributed by atoms with E-state index in [-0.39, 0.29) is 6.04 Å². The van der Waals surface area contributed by atoms with Crippen molar-refractivity contribution in [3.8, 4) is 0 Å². The molecule has 0 radical (unpaired) electrons. The Morgan fingerprint density at radius 2 is 1.80 bits per heavy atom. The molecule has 25 heavy (non-hydrogen) atoms. The highest BCUT2D eigenvalue weighted by Gasteiger charge is 2.33. The van der Waals surface area contributed by atoms with E-state index in [4.69, 9.17) is 11.6 Å². The van der Waals surface area contributed by atoms with Gasteiger partial charge < -0.3 is 4.90 Å². The largest absolute Gasteiger partial charge is 0.304 e. The molecule has 1 aromatic carbocycles. The summed E-state index contributed by atoms with van der Waals surface area (Å²) in [5, 5.41) is 13.6. The van der Waals surface area contributed by atoms with Gasteiger partial charge in [0.25, 0.3) is 0 Å². The molecule has 0 unspecified atom stereocenters. The van der Waals surface area contributed by atoms with E-state index in [2.05, 4.69) is 43.1 Å². The number of likely N-dealkylation sites (N-methyl/N-ethyl adjacent to an activating group) is 1. The average Bonchev–Trinajstić information content (AvgIpc) is 3.30. The summed E-state index contributed by atoms with van der Waals surface area (Å²) in [5.74, 6) is 0.935. The van der Waals surface area contributed by atoms with Gasteiger partial charge in [0, 0.05) is 31.2 Å². The van der Waals surface area contributed by atoms with Crippen molar-refractivity contribution in [3.05, 3.63) is 40.7 Å². The summed E-state index contributed by atoms with van der Waals surface area (Å²) < 4.78 is 2.07. The van der Waals surface area contributed by atoms with Gasteiger partial charge in [-0.3, -0.25) is 4.90 Å². The summed E-state index contributed by atoms with van der Waals surface area (Å²) in [7, 11) is 2.17. The van der Waals surface area contributed by atoms with Crippen molar-refractivity contribution < 1.29 is 0 Å². The van der Waals surface area contributed by atoms with Gasteiger partial charge in [0.2, 0.25) is 0 Å². The molecule has 6 nitrogen and oxygen atoms in total. The van der Waals surface area contributed by atoms with Gasteiger partial charge in [-0.1, -0.05) is 42.6 Å². The summed E-state index contributed by atoms with van der Waals surface area (Å²) in [6, 6.07) is 8.53. The van der Waals surface area contributed by atoms with Crippen LogP contribution in [0.4, 0.5) is 0 Å². The molecule has 2 heterocycles. The third-order valence-corrected chi connectivity index (χ3v) is 5.88. The first-order valence-corrected chi connectivity index (χ1v) is 9.56. The van der Waals surface area contributed by atoms with E-state index in [0.29, 0.717) is 6.04 Å². The van der Waals surface area contributed by atoms with E-state index >= 15 is 0 Å². The Labute approximate surface area is 153 Å². The molecule has 2 aliphatic rings. The average molecular weight is 361 g/mol. The Morgan fingerprint density at radius 1 is 1.08 bits per heavy atom. The Morgan fingerprint density at radius 3 is 2.52 bits per heavy atom. The highest BCUT2D eigenvalue weighted by molar-refractivity contribution is 6.31. The molecular formula is C18H25ClN6. The maximum atomic E-state index is 6.58. The van der Waals surface area contributed by atoms with Gasteiger partial charge in [0.05, 0.1) is 12.1 Å². The van der Waals surface area contributed by atoms with Crippen molar-refractivity contribution in [1.29, 1.82) is 0 Å². The summed E-state index contributed by atoms with van der Waals surface area (Å²) in [6.07, 6.45) is 4.84. The Bertz CT molecular complexity index is 703. The van der Waals surface area contributed by atoms with Crippen molar-refractivity contribution in [1.82, 2.24) is 30.0 Å². The van der Waals surface area contributed by atoms with Crippen LogP contribution in [0.25, 0.3) is 0 Å². The molecule has 2 aromatic rings. The minimum Gasteiger partial charge on any atom is -0.304 e. The number of rotatable bonds is 4. The molecular weight excluding hydrogens is 336 g/mol. The van der Waals surface area contributed by atoms with Crippen molar-refractivity contribution in [3.63, 3.8) is 0 Å². The Balaban J connectivity index is 1.73. The number of aromatic nitrogens is 4. The fourth-order valence-corrected chi connectivity index (χ4v) is 4.30. The van der Waals surface area contributed by atoms with Crippen LogP contribution in [0.15, 0.2) is 24.3 Å². The Hall–Kier alpha value is -1.50. The molecule has 0 bridgehead atoms. The van der Waals surface area contributed by atoms with E-state index in [9.17, 15) is 0 Å². The second-order valence-corrected chi connectivity index (χ2v) is 7.59. The number of piperazine rings is 1. The van der Waals surface area contributed by atoms with Crippen LogP contribution in [-0.2, 0) is 0 Å². The second kappa shape index (κ2) is 7.40. The molecule has 2 fully saturated rings. The van der Waals surface area contributed by atoms with E-state index in [1.807, 2.05) is 18.2 Å². The number of tetrazole rings is 1. The van der Waals surface area contributed by atoms with Crippen LogP contribution >= 0.6 is 11.6 Å². The predicted octanol–water partition coefficient (Wildman–Crippen LogP) is 2.78. The maximum absolute atomic E-state index is 6.58. The fraction of sp³-hybridized carbons (Fsp3) is 0.611. The fourth-order valence-electron chi connectivity index (χ4n) is 4.07. The quantitative estimate of drug-likeness (QED) is 0.839. The summed E-state index contributed by atoms with van der Waals surface area (Å²) in [4.78, 5) is 4.83. The van der Waals surface area contributed by atoms with Crippen LogP contribution in [0.1, 0.15) is 49.2 Å². The number of benzene rings is 1. The molecule has 1 saturated carbocycles. The van der Waals surface area contributed by atoms with Crippen LogP contribution in [0.3, 0.4) is 0 Å². The van der Waals surface area contributed by atoms with Crippen molar-refractivity contribution in [2.75, 3.05) is 33.2 Å². The molecule has 0 amide bonds. The highest BCUT2D eigenvalue weighted by atomic mass is 35.5. The van der Waals surface area contributed by atoms with Crippen molar-refractivity contribution >= 4 is 11.6 Å². The van der Waals surface area contributed by atoms with E-state index in [1.165, 1.54) is 12.8 Å². The van der Waals surface area contributed by atoms with E-state index < -0.39 is 0 Å². The molecule has 4 rings (SSSR count). The molecule has 1 saturated heterocycles. The number of hydrogen-bond donors (Lipinski definition) is 0. The predicted molar refractivity (Wildman–Crippen MR) is 97.7 cm³/mol. The smallest absolute Gasteiger partial charge is 0.173 e. The van der Waals surface area contributed by atoms with Crippen LogP contribution in [0, 0.1) is 0 Å². The molecule has 1 atom stereocenters. The minimum absolute atomic E-state index is 0.0120. The molecule has 1 aliphatic heterocycles. The van der Waals surface area contributed by atoms with Crippen LogP contribution < -0.4 is 0 Å². The van der Waals surface area contributed by atoms with E-state index in [0.717, 1.165) is 55.4 Å². The third kappa shape index (κ3) is 3.43. The molecule has 7 heteroatoms. The number of hydrogen-bond acceptors (Lipinski definition) is 5. The van der Waals surface area contributed by atoms with Crippen LogP contribution in [0.2, 0.25) is 5.02 Å². The summed E-state index contributed by atoms with van der Waals surface area (Å²) >= 11 is 6.58. The van der Waals surface area contributed by atoms with Crippen molar-refractivity contribution in [2.24, 2.45) is 0 Å². The van der Waals surface area contributed by atoms with Gasteiger partial charge >= 0.3 is 0 Å². The van der Waals surface area contributed by atoms with Crippen LogP contribution in [0.5, 0.6) is 0 Å². The zero-order valence-electron chi connectivity index (χ0n) is 14.7. The van der Waals surface area contributed by atoms with Gasteiger partial charge in [-0.05, 0) is 41.9 Å². The number of nitrogens with zero attached hydrogens (tertiary/aromatic N) is 6. The molecule has 1 aliphatic carbocycles. The van der Waals surface area contributed by atoms with E-state index in [1.54, 1.807) is 0 Å². The van der Waals surface area contributed by atoms with Gasteiger partial charge in [0.1, 0.15) is 0 Å². The molecule has 1 aromatic heterocycles. The molecule has 134 valence electrons. The first kappa shape index (κ1) is 16.9. The lowest BCUT2D eigenvalue weighted by atomic mass is 10.0. The van der Waals surface area contributed by atoms with Gasteiger partial charge in [-0.25, -0.2) is 4.68 Å². The Kier molecular flexibility index (Phi) is 5.01. The molecule has 0 spiro atoms. The first-order chi connectivity index (χ1) is 12.2. The maximum Gasteiger partial charge on any atom is 0.173 e. The topological polar surface area (TPSA) is 50.1 Å². The highest BCUT2D eigenvalue weighted by Crippen LogP contribution is 2.36. The second-order valence-electron chi connectivity index (χ2n) is 7.18. The standard InChI is InChI=1S/C18H25ClN6/c1-23-10-12-24(13-11-23)17(15-8-4-5-9-16(15)19)18-20-21-22-25(18)14-6-2-3-7-14/h4-5,8-9,14,17H,2-3,6-7,10-13H2,1H3/t17-/m0/s1. The van der Waals surface area contributed by atoms with Crippen molar-refractivity contribution in [2.45, 2.75) is 37.8 Å². The van der Waals surface area contributed by atoms with Crippen LogP contribution in [-0.4, -0.2) is 63.2 Å². The molecule has 0 N–H and O–H groups in total. The zero-order valence-corrected chi connectivity index (χ0v) is 15.4. The minimum atomic E-state index is 0.0120. The van der Waals surface area contributed by atoms with Gasteiger partial charge in [-0.2, -0.15) is 0 Å². The zero-order chi connectivity index (χ0) is 17.2. The third-order valence-electron chi connectivity index (χ3n) is 5.54. The number of halogens is 1. The lowest BCUT2D eigenvalue weighted by Crippen LogP contribution is -2.46. The van der Waals surface area contributed by atoms with Gasteiger partial charge in [0.15, 0.2) is 5.82 Å². The van der Waals surface area contributed by atoms with Gasteiger partial charge in [-0.15, -0.1) is 5.10 Å². The first-order valence-electron chi connectivity index (χ1n) is 9.19. The SMILES string of the molecule is CN1CCN([C@@H](c2ccccc2Cl)c2nnnn2C2CCCC2)CC1. The summed E-state index contributed by atoms with van der Waals surface area (Å²) in [5.41, 5.74) is 1.10. The summed E-state index contributed by atoms with van der Waals surface area (Å²) in [6.45, 7) is 4.08.